The number of rotatable bonds is 7. The summed E-state index contributed by atoms with van der Waals surface area (Å²) in [6, 6.07) is 0. The number of carboxylic acid groups (broad SMARTS) is 1. The average molecular weight is 342 g/mol. The van der Waals surface area contributed by atoms with E-state index in [-0.39, 0.29) is 13.2 Å². The molecule has 0 spiro atoms. The van der Waals surface area contributed by atoms with Crippen molar-refractivity contribution in [2.45, 2.75) is 6.92 Å². The summed E-state index contributed by atoms with van der Waals surface area (Å²) in [6.07, 6.45) is 6.16. The second kappa shape index (κ2) is 19.7. The van der Waals surface area contributed by atoms with Crippen molar-refractivity contribution >= 4 is 17.9 Å². The monoisotopic (exact) mass is 342 g/mol. The summed E-state index contributed by atoms with van der Waals surface area (Å²) < 4.78 is 8.99. The Labute approximate surface area is 140 Å². The first-order valence-corrected chi connectivity index (χ1v) is 6.32. The van der Waals surface area contributed by atoms with Crippen LogP contribution in [-0.2, 0) is 23.9 Å². The van der Waals surface area contributed by atoms with Crippen LogP contribution in [0.1, 0.15) is 6.92 Å². The van der Waals surface area contributed by atoms with Crippen LogP contribution in [0.4, 0.5) is 0 Å². The molecule has 8 heteroatoms. The van der Waals surface area contributed by atoms with Crippen molar-refractivity contribution in [2.75, 3.05) is 13.2 Å². The van der Waals surface area contributed by atoms with Gasteiger partial charge in [0.15, 0.2) is 0 Å². The summed E-state index contributed by atoms with van der Waals surface area (Å²) in [5, 5.41) is 23.8. The molecule has 0 unspecified atom stereocenters. The van der Waals surface area contributed by atoms with Gasteiger partial charge >= 0.3 is 17.9 Å². The summed E-state index contributed by atoms with van der Waals surface area (Å²) in [5.41, 5.74) is 0.353. The maximum Gasteiger partial charge on any atom is 0.333 e. The number of esters is 2. The zero-order valence-electron chi connectivity index (χ0n) is 13.4. The van der Waals surface area contributed by atoms with Crippen molar-refractivity contribution in [1.82, 2.24) is 0 Å². The van der Waals surface area contributed by atoms with Crippen molar-refractivity contribution < 1.29 is 39.2 Å². The van der Waals surface area contributed by atoms with Crippen molar-refractivity contribution in [3.63, 3.8) is 0 Å². The minimum absolute atomic E-state index is 0.0847. The van der Waals surface area contributed by atoms with Gasteiger partial charge in [-0.05, 0) is 19.1 Å². The van der Waals surface area contributed by atoms with Crippen molar-refractivity contribution in [2.24, 2.45) is 0 Å². The average Bonchev–Trinajstić information content (AvgIpc) is 2.56. The molecule has 0 saturated carbocycles. The highest BCUT2D eigenvalue weighted by Gasteiger charge is 1.99. The minimum Gasteiger partial charge on any atom is -0.516 e. The van der Waals surface area contributed by atoms with Gasteiger partial charge in [-0.15, -0.1) is 0 Å². The quantitative estimate of drug-likeness (QED) is 0.365. The largest absolute Gasteiger partial charge is 0.516 e. The Morgan fingerprint density at radius 3 is 1.67 bits per heavy atom. The number of hydrogen-bond acceptors (Lipinski definition) is 7. The van der Waals surface area contributed by atoms with Crippen LogP contribution in [0.15, 0.2) is 62.1 Å². The van der Waals surface area contributed by atoms with Crippen LogP contribution in [0.3, 0.4) is 0 Å². The van der Waals surface area contributed by atoms with E-state index < -0.39 is 17.9 Å². The first-order valence-electron chi connectivity index (χ1n) is 6.32. The highest BCUT2D eigenvalue weighted by Crippen LogP contribution is 1.91. The number of ether oxygens (including phenoxy) is 2. The lowest BCUT2D eigenvalue weighted by atomic mass is 10.4. The number of carboxylic acids is 1. The van der Waals surface area contributed by atoms with Crippen LogP contribution < -0.4 is 0 Å². The second-order valence-electron chi connectivity index (χ2n) is 3.52. The van der Waals surface area contributed by atoms with Gasteiger partial charge in [0.1, 0.15) is 13.2 Å². The molecule has 0 aliphatic heterocycles. The molecule has 8 nitrogen and oxygen atoms in total. The molecule has 0 atom stereocenters. The summed E-state index contributed by atoms with van der Waals surface area (Å²) in [7, 11) is 0. The summed E-state index contributed by atoms with van der Waals surface area (Å²) in [6.45, 7) is 11.2. The zero-order valence-corrected chi connectivity index (χ0v) is 13.4. The molecule has 0 aromatic rings. The smallest absolute Gasteiger partial charge is 0.333 e. The molecular formula is C16H22O8. The van der Waals surface area contributed by atoms with Gasteiger partial charge in [0, 0.05) is 17.7 Å². The fourth-order valence-electron chi connectivity index (χ4n) is 0.522. The number of aliphatic hydroxyl groups excluding tert-OH is 2. The van der Waals surface area contributed by atoms with Gasteiger partial charge in [0.05, 0.1) is 12.5 Å². The number of aliphatic carboxylic acids is 1. The number of carbonyl (C=O) groups is 3. The molecule has 0 aliphatic rings. The third kappa shape index (κ3) is 27.1. The standard InChI is InChI=1S/C7H10O3.C6H8O3.C3H4O2/c1-6(2)7(9)10-5-3-4-8;1-2-6(8)9-5-3-4-7;1-2-3(4)5/h3-4,8H,1,5H2,2H3;2-4,7H,1,5H2;2H,1H2,(H,4,5). The van der Waals surface area contributed by atoms with Crippen LogP contribution in [0.25, 0.3) is 0 Å². The number of aliphatic hydroxyl groups is 2. The van der Waals surface area contributed by atoms with E-state index >= 15 is 0 Å². The third-order valence-electron chi connectivity index (χ3n) is 1.53. The van der Waals surface area contributed by atoms with E-state index in [1.807, 2.05) is 0 Å². The first-order chi connectivity index (χ1) is 11.3. The highest BCUT2D eigenvalue weighted by molar-refractivity contribution is 5.86. The Morgan fingerprint density at radius 1 is 0.958 bits per heavy atom. The van der Waals surface area contributed by atoms with E-state index in [0.29, 0.717) is 5.57 Å². The van der Waals surface area contributed by atoms with Crippen LogP contribution in [-0.4, -0.2) is 46.4 Å². The maximum atomic E-state index is 10.6. The molecule has 3 N–H and O–H groups in total. The molecule has 0 rings (SSSR count). The molecule has 0 fully saturated rings. The molecule has 0 radical (unpaired) electrons. The lowest BCUT2D eigenvalue weighted by Gasteiger charge is -1.97. The van der Waals surface area contributed by atoms with E-state index in [0.717, 1.165) is 24.7 Å². The maximum absolute atomic E-state index is 10.6. The predicted octanol–water partition coefficient (Wildman–Crippen LogP) is 2.22. The molecule has 134 valence electrons. The second-order valence-corrected chi connectivity index (χ2v) is 3.52. The highest BCUT2D eigenvalue weighted by atomic mass is 16.5. The van der Waals surface area contributed by atoms with Gasteiger partial charge in [-0.1, -0.05) is 19.7 Å². The molecule has 0 aromatic carbocycles. The normalized spacial score (nSPS) is 8.88. The molecular weight excluding hydrogens is 320 g/mol. The predicted molar refractivity (Wildman–Crippen MR) is 88.3 cm³/mol. The first kappa shape index (κ1) is 25.7. The summed E-state index contributed by atoms with van der Waals surface area (Å²) in [5.74, 6) is -1.92. The SMILES string of the molecule is C=C(C)C(=O)OCC=CO.C=CC(=O)O.C=CC(=O)OCC=CO. The lowest BCUT2D eigenvalue weighted by molar-refractivity contribution is -0.138. The third-order valence-corrected chi connectivity index (χ3v) is 1.53. The van der Waals surface area contributed by atoms with Crippen LogP contribution in [0.2, 0.25) is 0 Å². The molecule has 0 aromatic heterocycles. The van der Waals surface area contributed by atoms with Crippen LogP contribution in [0.5, 0.6) is 0 Å². The van der Waals surface area contributed by atoms with Gasteiger partial charge < -0.3 is 24.8 Å². The lowest BCUT2D eigenvalue weighted by Crippen LogP contribution is -2.04. The van der Waals surface area contributed by atoms with E-state index in [1.165, 1.54) is 12.2 Å². The van der Waals surface area contributed by atoms with Gasteiger partial charge in [-0.2, -0.15) is 0 Å². The van der Waals surface area contributed by atoms with E-state index in [2.05, 4.69) is 29.2 Å². The van der Waals surface area contributed by atoms with E-state index in [9.17, 15) is 14.4 Å². The van der Waals surface area contributed by atoms with E-state index in [4.69, 9.17) is 15.3 Å². The fourth-order valence-corrected chi connectivity index (χ4v) is 0.522. The Morgan fingerprint density at radius 2 is 1.38 bits per heavy atom. The number of hydrogen-bond donors (Lipinski definition) is 3. The van der Waals surface area contributed by atoms with Gasteiger partial charge in [-0.3, -0.25) is 0 Å². The molecule has 0 bridgehead atoms. The Balaban J connectivity index is -0.000000291. The number of carbonyl (C=O) groups excluding carboxylic acids is 2. The Kier molecular flexibility index (Phi) is 21.1. The fraction of sp³-hybridized carbons (Fsp3) is 0.188. The molecule has 0 saturated heterocycles. The molecule has 24 heavy (non-hydrogen) atoms. The van der Waals surface area contributed by atoms with Crippen molar-refractivity contribution in [3.8, 4) is 0 Å². The zero-order chi connectivity index (χ0) is 19.4. The van der Waals surface area contributed by atoms with Gasteiger partial charge in [0.25, 0.3) is 0 Å². The van der Waals surface area contributed by atoms with Crippen molar-refractivity contribution in [1.29, 1.82) is 0 Å². The summed E-state index contributed by atoms with van der Waals surface area (Å²) >= 11 is 0. The Bertz CT molecular complexity index is 474. The minimum atomic E-state index is -0.981. The summed E-state index contributed by atoms with van der Waals surface area (Å²) in [4.78, 5) is 30.1. The topological polar surface area (TPSA) is 130 Å². The van der Waals surface area contributed by atoms with Crippen molar-refractivity contribution in [3.05, 3.63) is 62.1 Å². The molecule has 0 aliphatic carbocycles. The van der Waals surface area contributed by atoms with Crippen LogP contribution in [0, 0.1) is 0 Å². The van der Waals surface area contributed by atoms with E-state index in [1.54, 1.807) is 6.92 Å². The Hall–Kier alpha value is -3.29. The molecule has 0 amide bonds. The van der Waals surface area contributed by atoms with Crippen LogP contribution >= 0.6 is 0 Å². The van der Waals surface area contributed by atoms with Gasteiger partial charge in [-0.25, -0.2) is 14.4 Å². The van der Waals surface area contributed by atoms with Gasteiger partial charge in [0.2, 0.25) is 0 Å². The molecule has 0 heterocycles.